The van der Waals surface area contributed by atoms with E-state index in [-0.39, 0.29) is 29.7 Å². The Morgan fingerprint density at radius 3 is 1.75 bits per heavy atom. The van der Waals surface area contributed by atoms with Crippen LogP contribution in [0.1, 0.15) is 5.56 Å². The van der Waals surface area contributed by atoms with Gasteiger partial charge < -0.3 is 14.9 Å². The summed E-state index contributed by atoms with van der Waals surface area (Å²) in [4.78, 5) is 18.5. The quantitative estimate of drug-likeness (QED) is 0.605. The van der Waals surface area contributed by atoms with Crippen LogP contribution in [0, 0.1) is 0 Å². The van der Waals surface area contributed by atoms with Gasteiger partial charge in [-0.1, -0.05) is 30.3 Å². The van der Waals surface area contributed by atoms with E-state index in [0.29, 0.717) is 0 Å². The van der Waals surface area contributed by atoms with Gasteiger partial charge in [0.1, 0.15) is 4.31 Å². The Balaban J connectivity index is 0. The predicted molar refractivity (Wildman–Crippen MR) is 54.4 cm³/mol. The predicted octanol–water partition coefficient (Wildman–Crippen LogP) is -0.164. The van der Waals surface area contributed by atoms with E-state index in [0.717, 1.165) is 5.56 Å². The fourth-order valence-corrected chi connectivity index (χ4v) is 1.07. The first-order chi connectivity index (χ1) is 7.06. The molecule has 0 fully saturated rings. The normalized spacial score (nSPS) is 10.4. The number of aliphatic hydroxyl groups is 1. The minimum atomic E-state index is -3.24. The molecule has 0 aliphatic rings. The maximum Gasteiger partial charge on any atom is 2.00 e. The summed E-state index contributed by atoms with van der Waals surface area (Å²) >= 11 is 0. The SMILES string of the molecule is O=[P+]([O-])O[P+](=O)[O-].OCc1ccccc1.[Mg+2]. The smallest absolute Gasteiger partial charge is 0.563 e. The van der Waals surface area contributed by atoms with Crippen LogP contribution in [0.15, 0.2) is 30.3 Å². The molecular formula is C7H8MgO6P2+2. The molecule has 0 aliphatic heterocycles. The summed E-state index contributed by atoms with van der Waals surface area (Å²) in [6.45, 7) is 0.140. The zero-order valence-corrected chi connectivity index (χ0v) is 11.4. The van der Waals surface area contributed by atoms with Crippen LogP contribution in [-0.4, -0.2) is 28.2 Å². The van der Waals surface area contributed by atoms with E-state index in [9.17, 15) is 18.9 Å². The standard InChI is InChI=1S/C7H8O.Mg.O5P2/c8-6-7-4-2-1-3-5-7;;1-6(2)5-7(3)4/h1-5,8H,6H2;;/q;+2;. The third-order valence-corrected chi connectivity index (χ3v) is 2.23. The van der Waals surface area contributed by atoms with Crippen molar-refractivity contribution in [2.24, 2.45) is 0 Å². The average molecular weight is 274 g/mol. The van der Waals surface area contributed by atoms with E-state index in [2.05, 4.69) is 4.31 Å². The molecule has 2 atom stereocenters. The van der Waals surface area contributed by atoms with Crippen molar-refractivity contribution in [1.29, 1.82) is 0 Å². The molecule has 0 bridgehead atoms. The van der Waals surface area contributed by atoms with Crippen molar-refractivity contribution in [2.75, 3.05) is 0 Å². The second-order valence-electron chi connectivity index (χ2n) is 2.17. The van der Waals surface area contributed by atoms with Crippen LogP contribution in [0.2, 0.25) is 0 Å². The van der Waals surface area contributed by atoms with E-state index in [1.807, 2.05) is 30.3 Å². The van der Waals surface area contributed by atoms with Gasteiger partial charge in [0, 0.05) is 0 Å². The van der Waals surface area contributed by atoms with Gasteiger partial charge in [-0.25, -0.2) is 0 Å². The minimum Gasteiger partial charge on any atom is -0.563 e. The molecule has 6 nitrogen and oxygen atoms in total. The number of benzene rings is 1. The maximum absolute atomic E-state index is 9.24. The molecule has 0 aromatic heterocycles. The monoisotopic (exact) mass is 274 g/mol. The topological polar surface area (TPSA) is 110 Å². The van der Waals surface area contributed by atoms with Gasteiger partial charge >= 0.3 is 39.6 Å². The van der Waals surface area contributed by atoms with Crippen molar-refractivity contribution in [3.63, 3.8) is 0 Å². The van der Waals surface area contributed by atoms with E-state index in [1.165, 1.54) is 0 Å². The molecule has 0 radical (unpaired) electrons. The second-order valence-corrected chi connectivity index (χ2v) is 3.72. The molecule has 82 valence electrons. The van der Waals surface area contributed by atoms with Crippen molar-refractivity contribution < 1.29 is 28.3 Å². The molecule has 1 aromatic carbocycles. The first kappa shape index (κ1) is 18.4. The van der Waals surface area contributed by atoms with Gasteiger partial charge in [0.05, 0.1) is 6.61 Å². The van der Waals surface area contributed by atoms with Crippen LogP contribution < -0.4 is 9.79 Å². The molecule has 0 saturated carbocycles. The van der Waals surface area contributed by atoms with Crippen LogP contribution in [0.5, 0.6) is 0 Å². The summed E-state index contributed by atoms with van der Waals surface area (Å²) in [5.41, 5.74) is 0.965. The van der Waals surface area contributed by atoms with Crippen LogP contribution in [0.25, 0.3) is 0 Å². The van der Waals surface area contributed by atoms with Gasteiger partial charge in [-0.05, 0) is 14.7 Å². The van der Waals surface area contributed by atoms with Gasteiger partial charge in [-0.15, -0.1) is 0 Å². The van der Waals surface area contributed by atoms with Crippen molar-refractivity contribution in [2.45, 2.75) is 6.61 Å². The van der Waals surface area contributed by atoms with Crippen molar-refractivity contribution >= 4 is 39.6 Å². The van der Waals surface area contributed by atoms with Gasteiger partial charge in [-0.2, -0.15) is 0 Å². The fraction of sp³-hybridized carbons (Fsp3) is 0.143. The Labute approximate surface area is 110 Å². The number of rotatable bonds is 3. The zero-order chi connectivity index (χ0) is 11.7. The fourth-order valence-electron chi connectivity index (χ4n) is 0.638. The van der Waals surface area contributed by atoms with Gasteiger partial charge in [-0.3, -0.25) is 0 Å². The maximum atomic E-state index is 9.24. The Kier molecular flexibility index (Phi) is 13.2. The van der Waals surface area contributed by atoms with Gasteiger partial charge in [0.15, 0.2) is 0 Å². The molecule has 1 aromatic rings. The summed E-state index contributed by atoms with van der Waals surface area (Å²) in [5.74, 6) is 0. The largest absolute Gasteiger partial charge is 2.00 e. The third-order valence-electron chi connectivity index (χ3n) is 1.16. The first-order valence-electron chi connectivity index (χ1n) is 3.68. The molecule has 0 heterocycles. The van der Waals surface area contributed by atoms with Crippen LogP contribution in [0.4, 0.5) is 0 Å². The number of hydrogen-bond acceptors (Lipinski definition) is 6. The summed E-state index contributed by atoms with van der Waals surface area (Å²) in [6.07, 6.45) is 0. The molecule has 0 saturated heterocycles. The molecule has 9 heteroatoms. The minimum absolute atomic E-state index is 0. The molecule has 2 unspecified atom stereocenters. The van der Waals surface area contributed by atoms with Gasteiger partial charge in [0.2, 0.25) is 0 Å². The van der Waals surface area contributed by atoms with E-state index in [4.69, 9.17) is 5.11 Å². The Morgan fingerprint density at radius 1 is 1.12 bits per heavy atom. The van der Waals surface area contributed by atoms with Gasteiger partial charge in [0.25, 0.3) is 0 Å². The van der Waals surface area contributed by atoms with Crippen molar-refractivity contribution in [3.05, 3.63) is 35.9 Å². The van der Waals surface area contributed by atoms with Crippen LogP contribution in [0.3, 0.4) is 0 Å². The summed E-state index contributed by atoms with van der Waals surface area (Å²) in [7, 11) is -6.47. The second kappa shape index (κ2) is 11.5. The zero-order valence-electron chi connectivity index (χ0n) is 8.18. The molecular weight excluding hydrogens is 266 g/mol. The summed E-state index contributed by atoms with van der Waals surface area (Å²) in [5, 5.41) is 8.54. The molecule has 16 heavy (non-hydrogen) atoms. The first-order valence-corrected chi connectivity index (χ1v) is 5.87. The third kappa shape index (κ3) is 12.1. The number of aliphatic hydroxyl groups excluding tert-OH is 1. The summed E-state index contributed by atoms with van der Waals surface area (Å²) in [6, 6.07) is 9.52. The molecule has 0 aliphatic carbocycles. The average Bonchev–Trinajstić information content (AvgIpc) is 2.18. The Hall–Kier alpha value is 0.0262. The van der Waals surface area contributed by atoms with Crippen LogP contribution in [-0.2, 0) is 20.0 Å². The summed E-state index contributed by atoms with van der Waals surface area (Å²) < 4.78 is 21.6. The van der Waals surface area contributed by atoms with E-state index < -0.39 is 16.5 Å². The van der Waals surface area contributed by atoms with E-state index >= 15 is 0 Å². The Morgan fingerprint density at radius 2 is 1.56 bits per heavy atom. The van der Waals surface area contributed by atoms with Crippen molar-refractivity contribution in [1.82, 2.24) is 0 Å². The van der Waals surface area contributed by atoms with Crippen molar-refractivity contribution in [3.8, 4) is 0 Å². The number of hydrogen-bond donors (Lipinski definition) is 1. The van der Waals surface area contributed by atoms with E-state index in [1.54, 1.807) is 0 Å². The Bertz CT molecular complexity index is 308. The molecule has 0 spiro atoms. The van der Waals surface area contributed by atoms with Crippen LogP contribution >= 0.6 is 16.5 Å². The molecule has 1 N–H and O–H groups in total. The molecule has 1 rings (SSSR count). The molecule has 0 amide bonds.